The van der Waals surface area contributed by atoms with Gasteiger partial charge in [-0.1, -0.05) is 19.1 Å². The summed E-state index contributed by atoms with van der Waals surface area (Å²) >= 11 is 1.77. The monoisotopic (exact) mass is 488 g/mol. The number of nitrogens with one attached hydrogen (secondary N) is 2. The summed E-state index contributed by atoms with van der Waals surface area (Å²) in [5.41, 5.74) is 1.12. The maximum atomic E-state index is 13.5. The number of hydrogen-bond donors (Lipinski definition) is 2. The van der Waals surface area contributed by atoms with E-state index in [-0.39, 0.29) is 35.2 Å². The van der Waals surface area contributed by atoms with Crippen molar-refractivity contribution in [2.24, 2.45) is 4.99 Å². The molecule has 1 aliphatic carbocycles. The summed E-state index contributed by atoms with van der Waals surface area (Å²) in [6, 6.07) is 6.95. The fourth-order valence-electron chi connectivity index (χ4n) is 2.93. The van der Waals surface area contributed by atoms with Crippen molar-refractivity contribution < 1.29 is 4.39 Å². The standard InChI is InChI=1S/C19H25FN4S.HI/c1-3-16-12-23-17(25-16)7-10-22-18(21-2)24-13-19(8-9-19)14-5-4-6-15(20)11-14;/h4-6,11-12H,3,7-10,13H2,1-2H3,(H2,21,22,24);1H. The molecule has 2 aromatic rings. The van der Waals surface area contributed by atoms with E-state index in [1.807, 2.05) is 12.3 Å². The van der Waals surface area contributed by atoms with Crippen LogP contribution in [0.2, 0.25) is 0 Å². The Hall–Kier alpha value is -1.22. The Kier molecular flexibility index (Phi) is 7.82. The molecule has 1 aromatic heterocycles. The smallest absolute Gasteiger partial charge is 0.191 e. The third kappa shape index (κ3) is 5.39. The molecule has 0 saturated heterocycles. The summed E-state index contributed by atoms with van der Waals surface area (Å²) in [7, 11) is 1.77. The molecule has 0 amide bonds. The van der Waals surface area contributed by atoms with E-state index >= 15 is 0 Å². The van der Waals surface area contributed by atoms with Crippen LogP contribution in [0.1, 0.15) is 35.2 Å². The normalized spacial score (nSPS) is 15.3. The summed E-state index contributed by atoms with van der Waals surface area (Å²) in [6.45, 7) is 3.71. The number of thiazole rings is 1. The van der Waals surface area contributed by atoms with Crippen LogP contribution in [0.5, 0.6) is 0 Å². The first-order chi connectivity index (χ1) is 12.1. The molecule has 1 saturated carbocycles. The molecule has 7 heteroatoms. The van der Waals surface area contributed by atoms with Crippen LogP contribution in [0, 0.1) is 5.82 Å². The number of aliphatic imine (C=N–C) groups is 1. The molecule has 1 aliphatic rings. The van der Waals surface area contributed by atoms with E-state index < -0.39 is 0 Å². The Morgan fingerprint density at radius 1 is 1.35 bits per heavy atom. The number of nitrogens with zero attached hydrogens (tertiary/aromatic N) is 2. The third-order valence-electron chi connectivity index (χ3n) is 4.69. The van der Waals surface area contributed by atoms with Crippen molar-refractivity contribution in [3.05, 3.63) is 51.7 Å². The fourth-order valence-corrected chi connectivity index (χ4v) is 3.79. The van der Waals surface area contributed by atoms with E-state index in [4.69, 9.17) is 0 Å². The summed E-state index contributed by atoms with van der Waals surface area (Å²) in [5.74, 6) is 0.621. The molecule has 2 N–H and O–H groups in total. The number of benzene rings is 1. The number of aryl methyl sites for hydroxylation is 1. The van der Waals surface area contributed by atoms with Gasteiger partial charge in [0, 0.05) is 43.0 Å². The van der Waals surface area contributed by atoms with Crippen molar-refractivity contribution in [3.63, 3.8) is 0 Å². The third-order valence-corrected chi connectivity index (χ3v) is 5.89. The molecule has 0 unspecified atom stereocenters. The van der Waals surface area contributed by atoms with Crippen molar-refractivity contribution in [1.82, 2.24) is 15.6 Å². The second kappa shape index (κ2) is 9.64. The Balaban J connectivity index is 0.00000243. The van der Waals surface area contributed by atoms with Gasteiger partial charge in [0.05, 0.1) is 5.01 Å². The lowest BCUT2D eigenvalue weighted by atomic mass is 9.96. The summed E-state index contributed by atoms with van der Waals surface area (Å²) in [5, 5.41) is 7.88. The van der Waals surface area contributed by atoms with Gasteiger partial charge < -0.3 is 10.6 Å². The quantitative estimate of drug-likeness (QED) is 0.353. The zero-order valence-corrected chi connectivity index (χ0v) is 18.4. The second-order valence-corrected chi connectivity index (χ2v) is 7.67. The number of aromatic nitrogens is 1. The highest BCUT2D eigenvalue weighted by Crippen LogP contribution is 2.47. The minimum Gasteiger partial charge on any atom is -0.356 e. The van der Waals surface area contributed by atoms with Crippen LogP contribution in [-0.4, -0.2) is 31.1 Å². The van der Waals surface area contributed by atoms with Gasteiger partial charge in [-0.15, -0.1) is 35.3 Å². The molecular weight excluding hydrogens is 462 g/mol. The molecule has 1 heterocycles. The highest BCUT2D eigenvalue weighted by atomic mass is 127. The molecule has 0 bridgehead atoms. The van der Waals surface area contributed by atoms with Crippen LogP contribution in [0.15, 0.2) is 35.5 Å². The molecule has 1 aromatic carbocycles. The molecule has 26 heavy (non-hydrogen) atoms. The van der Waals surface area contributed by atoms with Crippen LogP contribution in [-0.2, 0) is 18.3 Å². The first-order valence-corrected chi connectivity index (χ1v) is 9.61. The van der Waals surface area contributed by atoms with Gasteiger partial charge in [-0.05, 0) is 37.0 Å². The van der Waals surface area contributed by atoms with Crippen LogP contribution in [0.25, 0.3) is 0 Å². The van der Waals surface area contributed by atoms with Gasteiger partial charge in [-0.25, -0.2) is 9.37 Å². The van der Waals surface area contributed by atoms with Crippen LogP contribution < -0.4 is 10.6 Å². The van der Waals surface area contributed by atoms with Crippen molar-refractivity contribution >= 4 is 41.3 Å². The van der Waals surface area contributed by atoms with Gasteiger partial charge in [0.2, 0.25) is 0 Å². The van der Waals surface area contributed by atoms with Crippen LogP contribution in [0.3, 0.4) is 0 Å². The van der Waals surface area contributed by atoms with Gasteiger partial charge in [0.25, 0.3) is 0 Å². The van der Waals surface area contributed by atoms with Crippen molar-refractivity contribution in [3.8, 4) is 0 Å². The first-order valence-electron chi connectivity index (χ1n) is 8.79. The summed E-state index contributed by atoms with van der Waals surface area (Å²) in [6.07, 6.45) is 6.05. The Morgan fingerprint density at radius 3 is 2.77 bits per heavy atom. The van der Waals surface area contributed by atoms with E-state index in [2.05, 4.69) is 27.5 Å². The predicted octanol–water partition coefficient (Wildman–Crippen LogP) is 3.90. The molecule has 0 radical (unpaired) electrons. The molecule has 1 fully saturated rings. The average Bonchev–Trinajstić information content (AvgIpc) is 3.28. The Morgan fingerprint density at radius 2 is 2.15 bits per heavy atom. The summed E-state index contributed by atoms with van der Waals surface area (Å²) in [4.78, 5) is 10.0. The molecule has 4 nitrogen and oxygen atoms in total. The number of hydrogen-bond acceptors (Lipinski definition) is 3. The zero-order chi connectivity index (χ0) is 17.7. The number of halogens is 2. The van der Waals surface area contributed by atoms with E-state index in [1.165, 1.54) is 10.9 Å². The molecule has 0 spiro atoms. The van der Waals surface area contributed by atoms with Crippen molar-refractivity contribution in [2.45, 2.75) is 38.0 Å². The second-order valence-electron chi connectivity index (χ2n) is 6.47. The Labute approximate surface area is 175 Å². The van der Waals surface area contributed by atoms with Gasteiger partial charge in [0.15, 0.2) is 5.96 Å². The number of rotatable bonds is 7. The van der Waals surface area contributed by atoms with E-state index in [0.717, 1.165) is 55.3 Å². The molecule has 0 atom stereocenters. The highest BCUT2D eigenvalue weighted by Gasteiger charge is 2.44. The van der Waals surface area contributed by atoms with Crippen LogP contribution >= 0.6 is 35.3 Å². The lowest BCUT2D eigenvalue weighted by molar-refractivity contribution is 0.607. The van der Waals surface area contributed by atoms with Gasteiger partial charge in [-0.2, -0.15) is 0 Å². The molecule has 0 aliphatic heterocycles. The van der Waals surface area contributed by atoms with Gasteiger partial charge in [-0.3, -0.25) is 4.99 Å². The highest BCUT2D eigenvalue weighted by molar-refractivity contribution is 14.0. The predicted molar refractivity (Wildman–Crippen MR) is 117 cm³/mol. The van der Waals surface area contributed by atoms with Gasteiger partial charge in [0.1, 0.15) is 5.82 Å². The van der Waals surface area contributed by atoms with Crippen molar-refractivity contribution in [1.29, 1.82) is 0 Å². The van der Waals surface area contributed by atoms with E-state index in [9.17, 15) is 4.39 Å². The minimum atomic E-state index is -0.166. The maximum Gasteiger partial charge on any atom is 0.191 e. The van der Waals surface area contributed by atoms with Crippen LogP contribution in [0.4, 0.5) is 4.39 Å². The first kappa shape index (κ1) is 21.1. The lowest BCUT2D eigenvalue weighted by Crippen LogP contribution is -2.42. The van der Waals surface area contributed by atoms with Gasteiger partial charge >= 0.3 is 0 Å². The SMILES string of the molecule is CCc1cnc(CCNC(=NC)NCC2(c3cccc(F)c3)CC2)s1.I. The average molecular weight is 488 g/mol. The maximum absolute atomic E-state index is 13.5. The lowest BCUT2D eigenvalue weighted by Gasteiger charge is -2.19. The molecule has 142 valence electrons. The van der Waals surface area contributed by atoms with E-state index in [0.29, 0.717) is 0 Å². The topological polar surface area (TPSA) is 49.3 Å². The van der Waals surface area contributed by atoms with E-state index in [1.54, 1.807) is 30.5 Å². The largest absolute Gasteiger partial charge is 0.356 e. The molecular formula is C19H26FIN4S. The van der Waals surface area contributed by atoms with Crippen molar-refractivity contribution in [2.75, 3.05) is 20.1 Å². The minimum absolute atomic E-state index is 0. The number of guanidine groups is 1. The summed E-state index contributed by atoms with van der Waals surface area (Å²) < 4.78 is 13.5. The molecule has 3 rings (SSSR count). The Bertz CT molecular complexity index is 743. The zero-order valence-electron chi connectivity index (χ0n) is 15.2. The fraction of sp³-hybridized carbons (Fsp3) is 0.474.